The van der Waals surface area contributed by atoms with Gasteiger partial charge in [0.1, 0.15) is 18.1 Å². The number of rotatable bonds is 17. The van der Waals surface area contributed by atoms with E-state index in [1.807, 2.05) is 13.8 Å². The number of hydrogen-bond donors (Lipinski definition) is 8. The van der Waals surface area contributed by atoms with E-state index in [-0.39, 0.29) is 44.1 Å². The molecule has 1 rings (SSSR count). The number of nitrogens with zero attached hydrogens (tertiary/aromatic N) is 1. The third kappa shape index (κ3) is 13.2. The lowest BCUT2D eigenvalue weighted by Gasteiger charge is -2.26. The van der Waals surface area contributed by atoms with Gasteiger partial charge in [0.2, 0.25) is 17.7 Å². The van der Waals surface area contributed by atoms with Gasteiger partial charge in [-0.05, 0) is 30.7 Å². The number of hydrogen-bond acceptors (Lipinski definition) is 7. The van der Waals surface area contributed by atoms with Crippen molar-refractivity contribution in [3.63, 3.8) is 0 Å². The summed E-state index contributed by atoms with van der Waals surface area (Å²) in [5, 5.41) is 26.0. The van der Waals surface area contributed by atoms with Gasteiger partial charge in [-0.1, -0.05) is 44.2 Å². The smallest absolute Gasteiger partial charge is 0.326 e. The van der Waals surface area contributed by atoms with E-state index >= 15 is 0 Å². The van der Waals surface area contributed by atoms with Crippen molar-refractivity contribution in [3.05, 3.63) is 35.9 Å². The standard InChI is InChI=1S/C25H39N7O7/c1-14(2)11-18(22(36)30-17(24(38)39)9-6-10-29-25(27)28)32-23(37)19(12-15-7-4-3-5-8-15)31-21(35)16(26)13-20(33)34/h3-5,7-8,14,16-19H,6,9-13,26H2,1-2H3,(H,30,36)(H,31,35)(H,32,37)(H,33,34)(H,38,39)(H4,27,28,29). The van der Waals surface area contributed by atoms with E-state index < -0.39 is 60.2 Å². The van der Waals surface area contributed by atoms with Crippen LogP contribution < -0.4 is 33.2 Å². The molecule has 0 saturated heterocycles. The van der Waals surface area contributed by atoms with Gasteiger partial charge in [0.05, 0.1) is 12.5 Å². The second kappa shape index (κ2) is 16.6. The SMILES string of the molecule is CC(C)CC(NC(=O)C(Cc1ccccc1)NC(=O)C(N)CC(=O)O)C(=O)NC(CCCN=C(N)N)C(=O)O. The van der Waals surface area contributed by atoms with Crippen LogP contribution in [0, 0.1) is 5.92 Å². The predicted molar refractivity (Wildman–Crippen MR) is 143 cm³/mol. The summed E-state index contributed by atoms with van der Waals surface area (Å²) in [6, 6.07) is 3.82. The molecule has 14 nitrogen and oxygen atoms in total. The summed E-state index contributed by atoms with van der Waals surface area (Å²) in [5.41, 5.74) is 16.9. The van der Waals surface area contributed by atoms with E-state index in [1.54, 1.807) is 30.3 Å². The van der Waals surface area contributed by atoms with E-state index in [2.05, 4.69) is 20.9 Å². The van der Waals surface area contributed by atoms with Gasteiger partial charge in [-0.2, -0.15) is 0 Å². The molecule has 1 aromatic carbocycles. The highest BCUT2D eigenvalue weighted by Crippen LogP contribution is 2.10. The summed E-state index contributed by atoms with van der Waals surface area (Å²) in [7, 11) is 0. The first-order valence-electron chi connectivity index (χ1n) is 12.5. The first-order valence-corrected chi connectivity index (χ1v) is 12.5. The van der Waals surface area contributed by atoms with E-state index in [0.717, 1.165) is 0 Å². The quantitative estimate of drug-likeness (QED) is 0.0645. The van der Waals surface area contributed by atoms with E-state index in [9.17, 15) is 29.1 Å². The summed E-state index contributed by atoms with van der Waals surface area (Å²) >= 11 is 0. The molecule has 0 aliphatic rings. The van der Waals surface area contributed by atoms with Crippen molar-refractivity contribution in [3.8, 4) is 0 Å². The molecule has 14 heteroatoms. The molecule has 216 valence electrons. The van der Waals surface area contributed by atoms with Crippen molar-refractivity contribution in [2.24, 2.45) is 28.1 Å². The maximum atomic E-state index is 13.3. The minimum absolute atomic E-state index is 0.0385. The van der Waals surface area contributed by atoms with Gasteiger partial charge >= 0.3 is 11.9 Å². The Bertz CT molecular complexity index is 1010. The second-order valence-electron chi connectivity index (χ2n) is 9.49. The number of nitrogens with two attached hydrogens (primary N) is 3. The lowest BCUT2D eigenvalue weighted by Crippen LogP contribution is -2.58. The summed E-state index contributed by atoms with van der Waals surface area (Å²) in [4.78, 5) is 65.4. The maximum Gasteiger partial charge on any atom is 0.326 e. The van der Waals surface area contributed by atoms with Crippen molar-refractivity contribution in [1.82, 2.24) is 16.0 Å². The number of aliphatic imine (C=N–C) groups is 1. The highest BCUT2D eigenvalue weighted by Gasteiger charge is 2.31. The second-order valence-corrected chi connectivity index (χ2v) is 9.49. The van der Waals surface area contributed by atoms with Crippen molar-refractivity contribution in [2.45, 2.75) is 70.1 Å². The first-order chi connectivity index (χ1) is 18.3. The Morgan fingerprint density at radius 2 is 1.44 bits per heavy atom. The number of nitrogens with one attached hydrogen (secondary N) is 3. The summed E-state index contributed by atoms with van der Waals surface area (Å²) in [5.74, 6) is -4.99. The van der Waals surface area contributed by atoms with Crippen LogP contribution in [-0.2, 0) is 30.4 Å². The minimum atomic E-state index is -1.39. The van der Waals surface area contributed by atoms with Crippen molar-refractivity contribution < 1.29 is 34.2 Å². The van der Waals surface area contributed by atoms with Gasteiger partial charge in [0.15, 0.2) is 5.96 Å². The molecule has 0 aliphatic carbocycles. The monoisotopic (exact) mass is 549 g/mol. The molecule has 0 aliphatic heterocycles. The van der Waals surface area contributed by atoms with Crippen LogP contribution in [0.15, 0.2) is 35.3 Å². The predicted octanol–water partition coefficient (Wildman–Crippen LogP) is -1.33. The van der Waals surface area contributed by atoms with Crippen LogP contribution in [0.1, 0.15) is 45.1 Å². The minimum Gasteiger partial charge on any atom is -0.481 e. The first kappa shape index (κ1) is 32.8. The molecule has 1 aromatic rings. The van der Waals surface area contributed by atoms with Gasteiger partial charge < -0.3 is 43.4 Å². The van der Waals surface area contributed by atoms with Crippen LogP contribution in [-0.4, -0.2) is 76.5 Å². The molecule has 11 N–H and O–H groups in total. The summed E-state index contributed by atoms with van der Waals surface area (Å²) in [6.07, 6.45) is -0.0741. The zero-order chi connectivity index (χ0) is 29.5. The summed E-state index contributed by atoms with van der Waals surface area (Å²) < 4.78 is 0. The summed E-state index contributed by atoms with van der Waals surface area (Å²) in [6.45, 7) is 3.83. The number of carbonyl (C=O) groups is 5. The number of aliphatic carboxylic acids is 2. The Morgan fingerprint density at radius 3 is 1.97 bits per heavy atom. The van der Waals surface area contributed by atoms with Crippen LogP contribution in [0.5, 0.6) is 0 Å². The zero-order valence-corrected chi connectivity index (χ0v) is 22.1. The Labute approximate surface area is 226 Å². The topological polar surface area (TPSA) is 252 Å². The molecule has 0 saturated carbocycles. The Balaban J connectivity index is 3.06. The Hall–Kier alpha value is -4.20. The number of guanidine groups is 1. The lowest BCUT2D eigenvalue weighted by molar-refractivity contribution is -0.142. The number of carbonyl (C=O) groups excluding carboxylic acids is 3. The molecule has 0 radical (unpaired) electrons. The molecule has 4 atom stereocenters. The average molecular weight is 550 g/mol. The van der Waals surface area contributed by atoms with Crippen molar-refractivity contribution in [2.75, 3.05) is 6.54 Å². The molecule has 0 fully saturated rings. The van der Waals surface area contributed by atoms with Gasteiger partial charge in [0, 0.05) is 13.0 Å². The highest BCUT2D eigenvalue weighted by atomic mass is 16.4. The average Bonchev–Trinajstić information content (AvgIpc) is 2.84. The Kier molecular flexibility index (Phi) is 14.0. The van der Waals surface area contributed by atoms with Gasteiger partial charge in [-0.3, -0.25) is 24.2 Å². The number of benzene rings is 1. The van der Waals surface area contributed by atoms with Crippen LogP contribution in [0.3, 0.4) is 0 Å². The van der Waals surface area contributed by atoms with Gasteiger partial charge in [-0.15, -0.1) is 0 Å². The third-order valence-electron chi connectivity index (χ3n) is 5.55. The van der Waals surface area contributed by atoms with E-state index in [4.69, 9.17) is 22.3 Å². The fourth-order valence-corrected chi connectivity index (χ4v) is 3.63. The normalized spacial score (nSPS) is 13.8. The Morgan fingerprint density at radius 1 is 0.872 bits per heavy atom. The highest BCUT2D eigenvalue weighted by molar-refractivity contribution is 5.94. The van der Waals surface area contributed by atoms with E-state index in [0.29, 0.717) is 5.56 Å². The third-order valence-corrected chi connectivity index (χ3v) is 5.55. The van der Waals surface area contributed by atoms with Crippen molar-refractivity contribution in [1.29, 1.82) is 0 Å². The van der Waals surface area contributed by atoms with Crippen molar-refractivity contribution >= 4 is 35.6 Å². The number of amides is 3. The molecular formula is C25H39N7O7. The molecule has 0 spiro atoms. The molecule has 0 bridgehead atoms. The van der Waals surface area contributed by atoms with Crippen LogP contribution in [0.2, 0.25) is 0 Å². The van der Waals surface area contributed by atoms with E-state index in [1.165, 1.54) is 0 Å². The molecule has 4 unspecified atom stereocenters. The van der Waals surface area contributed by atoms with Gasteiger partial charge in [0.25, 0.3) is 0 Å². The number of carboxylic acid groups (broad SMARTS) is 2. The molecule has 3 amide bonds. The zero-order valence-electron chi connectivity index (χ0n) is 22.1. The van der Waals surface area contributed by atoms with Gasteiger partial charge in [-0.25, -0.2) is 4.79 Å². The molecule has 39 heavy (non-hydrogen) atoms. The molecule has 0 heterocycles. The van der Waals surface area contributed by atoms with Crippen LogP contribution in [0.25, 0.3) is 0 Å². The molecule has 0 aromatic heterocycles. The lowest BCUT2D eigenvalue weighted by atomic mass is 10.00. The fraction of sp³-hybridized carbons (Fsp3) is 0.520. The van der Waals surface area contributed by atoms with Crippen LogP contribution in [0.4, 0.5) is 0 Å². The fourth-order valence-electron chi connectivity index (χ4n) is 3.63. The maximum absolute atomic E-state index is 13.3. The molecular weight excluding hydrogens is 510 g/mol. The largest absolute Gasteiger partial charge is 0.481 e. The number of carboxylic acids is 2. The van der Waals surface area contributed by atoms with Crippen LogP contribution >= 0.6 is 0 Å².